The van der Waals surface area contributed by atoms with E-state index in [9.17, 15) is 9.59 Å². The van der Waals surface area contributed by atoms with Crippen molar-refractivity contribution < 1.29 is 14.7 Å². The summed E-state index contributed by atoms with van der Waals surface area (Å²) in [6.07, 6.45) is 5.79. The van der Waals surface area contributed by atoms with Crippen molar-refractivity contribution in [1.29, 1.82) is 0 Å². The summed E-state index contributed by atoms with van der Waals surface area (Å²) >= 11 is 0. The first-order valence-corrected chi connectivity index (χ1v) is 6.68. The van der Waals surface area contributed by atoms with Crippen LogP contribution in [0, 0.1) is 6.92 Å². The smallest absolute Gasteiger partial charge is 0.315 e. The van der Waals surface area contributed by atoms with E-state index in [0.717, 1.165) is 30.4 Å². The highest BCUT2D eigenvalue weighted by atomic mass is 16.4. The normalized spacial score (nSPS) is 16.1. The Labute approximate surface area is 117 Å². The maximum atomic E-state index is 11.9. The van der Waals surface area contributed by atoms with Crippen LogP contribution in [-0.4, -0.2) is 27.6 Å². The summed E-state index contributed by atoms with van der Waals surface area (Å²) in [5.41, 5.74) is 1.44. The fraction of sp³-hybridized carbons (Fsp3) is 0.500. The molecule has 0 spiro atoms. The average Bonchev–Trinajstić information content (AvgIpc) is 2.34. The van der Waals surface area contributed by atoms with Gasteiger partial charge in [-0.1, -0.05) is 0 Å². The molecule has 0 bridgehead atoms. The minimum absolute atomic E-state index is 0.0215. The molecule has 1 heterocycles. The first-order valence-electron chi connectivity index (χ1n) is 6.68. The Bertz CT molecular complexity index is 512. The second kappa shape index (κ2) is 5.90. The van der Waals surface area contributed by atoms with Crippen LogP contribution in [0.25, 0.3) is 0 Å². The average molecular weight is 277 g/mol. The molecule has 20 heavy (non-hydrogen) atoms. The molecular weight excluding hydrogens is 258 g/mol. The number of nitrogens with one attached hydrogen (secondary N) is 2. The second-order valence-corrected chi connectivity index (χ2v) is 5.31. The second-order valence-electron chi connectivity index (χ2n) is 5.31. The SMILES string of the molecule is Cc1ccncc1CNC(=O)NC1(CC(=O)O)CCC1. The lowest BCUT2D eigenvalue weighted by atomic mass is 9.74. The van der Waals surface area contributed by atoms with Crippen LogP contribution in [-0.2, 0) is 11.3 Å². The molecular formula is C14H19N3O3. The van der Waals surface area contributed by atoms with Crippen molar-refractivity contribution in [2.45, 2.75) is 44.7 Å². The van der Waals surface area contributed by atoms with E-state index >= 15 is 0 Å². The zero-order valence-electron chi connectivity index (χ0n) is 11.5. The predicted molar refractivity (Wildman–Crippen MR) is 73.2 cm³/mol. The minimum atomic E-state index is -0.881. The van der Waals surface area contributed by atoms with Crippen molar-refractivity contribution in [3.8, 4) is 0 Å². The van der Waals surface area contributed by atoms with Crippen LogP contribution in [0.1, 0.15) is 36.8 Å². The monoisotopic (exact) mass is 277 g/mol. The number of aliphatic carboxylic acids is 1. The number of amides is 2. The lowest BCUT2D eigenvalue weighted by molar-refractivity contribution is -0.139. The number of carbonyl (C=O) groups is 2. The van der Waals surface area contributed by atoms with Gasteiger partial charge in [-0.15, -0.1) is 0 Å². The molecule has 0 saturated heterocycles. The Morgan fingerprint density at radius 2 is 2.20 bits per heavy atom. The molecule has 0 radical (unpaired) electrons. The number of carboxylic acids is 1. The summed E-state index contributed by atoms with van der Waals surface area (Å²) in [6.45, 7) is 2.34. The molecule has 2 amide bonds. The van der Waals surface area contributed by atoms with Crippen LogP contribution in [0.4, 0.5) is 4.79 Å². The maximum Gasteiger partial charge on any atom is 0.315 e. The molecule has 3 N–H and O–H groups in total. The number of pyridine rings is 1. The first kappa shape index (κ1) is 14.3. The van der Waals surface area contributed by atoms with Gasteiger partial charge in [0.25, 0.3) is 0 Å². The largest absolute Gasteiger partial charge is 0.481 e. The third-order valence-electron chi connectivity index (χ3n) is 3.77. The number of urea groups is 1. The Kier molecular flexibility index (Phi) is 4.22. The Balaban J connectivity index is 1.86. The number of nitrogens with zero attached hydrogens (tertiary/aromatic N) is 1. The first-order chi connectivity index (χ1) is 9.51. The molecule has 1 fully saturated rings. The number of aryl methyl sites for hydroxylation is 1. The van der Waals surface area contributed by atoms with Crippen molar-refractivity contribution in [3.63, 3.8) is 0 Å². The van der Waals surface area contributed by atoms with Crippen molar-refractivity contribution in [2.75, 3.05) is 0 Å². The molecule has 1 aliphatic rings. The number of rotatable bonds is 5. The quantitative estimate of drug-likeness (QED) is 0.762. The van der Waals surface area contributed by atoms with Gasteiger partial charge in [-0.3, -0.25) is 9.78 Å². The van der Waals surface area contributed by atoms with Crippen LogP contribution in [0.5, 0.6) is 0 Å². The lowest BCUT2D eigenvalue weighted by Gasteiger charge is -2.41. The summed E-state index contributed by atoms with van der Waals surface area (Å²) in [5.74, 6) is -0.881. The zero-order chi connectivity index (χ0) is 14.6. The predicted octanol–water partition coefficient (Wildman–Crippen LogP) is 1.59. The van der Waals surface area contributed by atoms with Crippen molar-refractivity contribution in [1.82, 2.24) is 15.6 Å². The molecule has 2 rings (SSSR count). The van der Waals surface area contributed by atoms with Crippen LogP contribution >= 0.6 is 0 Å². The van der Waals surface area contributed by atoms with Crippen molar-refractivity contribution in [3.05, 3.63) is 29.6 Å². The molecule has 1 aromatic rings. The van der Waals surface area contributed by atoms with Gasteiger partial charge in [0.1, 0.15) is 0 Å². The van der Waals surface area contributed by atoms with Gasteiger partial charge in [-0.2, -0.15) is 0 Å². The Hall–Kier alpha value is -2.11. The van der Waals surface area contributed by atoms with Gasteiger partial charge >= 0.3 is 12.0 Å². The molecule has 108 valence electrons. The van der Waals surface area contributed by atoms with Crippen LogP contribution in [0.3, 0.4) is 0 Å². The van der Waals surface area contributed by atoms with Gasteiger partial charge < -0.3 is 15.7 Å². The van der Waals surface area contributed by atoms with Gasteiger partial charge in [0, 0.05) is 18.9 Å². The lowest BCUT2D eigenvalue weighted by Crippen LogP contribution is -2.57. The van der Waals surface area contributed by atoms with Gasteiger partial charge in [-0.05, 0) is 43.4 Å². The molecule has 0 aliphatic heterocycles. The molecule has 1 saturated carbocycles. The van der Waals surface area contributed by atoms with Crippen molar-refractivity contribution in [2.24, 2.45) is 0 Å². The molecule has 0 aromatic carbocycles. The summed E-state index contributed by atoms with van der Waals surface area (Å²) in [5, 5.41) is 14.4. The number of carbonyl (C=O) groups excluding carboxylic acids is 1. The summed E-state index contributed by atoms with van der Waals surface area (Å²) in [7, 11) is 0. The van der Waals surface area contributed by atoms with Crippen LogP contribution in [0.2, 0.25) is 0 Å². The topological polar surface area (TPSA) is 91.3 Å². The van der Waals surface area contributed by atoms with E-state index < -0.39 is 11.5 Å². The third-order valence-corrected chi connectivity index (χ3v) is 3.77. The molecule has 6 nitrogen and oxygen atoms in total. The Morgan fingerprint density at radius 1 is 1.45 bits per heavy atom. The van der Waals surface area contributed by atoms with E-state index in [1.807, 2.05) is 13.0 Å². The van der Waals surface area contributed by atoms with Gasteiger partial charge in [0.05, 0.1) is 12.0 Å². The molecule has 1 aliphatic carbocycles. The maximum absolute atomic E-state index is 11.9. The zero-order valence-corrected chi connectivity index (χ0v) is 11.5. The third kappa shape index (κ3) is 3.46. The number of hydrogen-bond donors (Lipinski definition) is 3. The van der Waals surface area contributed by atoms with Crippen LogP contribution < -0.4 is 10.6 Å². The molecule has 6 heteroatoms. The summed E-state index contributed by atoms with van der Waals surface area (Å²) < 4.78 is 0. The fourth-order valence-corrected chi connectivity index (χ4v) is 2.38. The highest BCUT2D eigenvalue weighted by Gasteiger charge is 2.40. The number of hydrogen-bond acceptors (Lipinski definition) is 3. The molecule has 0 atom stereocenters. The number of aromatic nitrogens is 1. The summed E-state index contributed by atoms with van der Waals surface area (Å²) in [6, 6.07) is 1.56. The summed E-state index contributed by atoms with van der Waals surface area (Å²) in [4.78, 5) is 26.7. The highest BCUT2D eigenvalue weighted by Crippen LogP contribution is 2.34. The molecule has 1 aromatic heterocycles. The van der Waals surface area contributed by atoms with E-state index in [1.165, 1.54) is 0 Å². The van der Waals surface area contributed by atoms with Crippen molar-refractivity contribution >= 4 is 12.0 Å². The van der Waals surface area contributed by atoms with E-state index in [0.29, 0.717) is 6.54 Å². The fourth-order valence-electron chi connectivity index (χ4n) is 2.38. The van der Waals surface area contributed by atoms with E-state index in [4.69, 9.17) is 5.11 Å². The standard InChI is InChI=1S/C14H19N3O3/c1-10-3-6-15-8-11(10)9-16-13(20)17-14(4-2-5-14)7-12(18)19/h3,6,8H,2,4-5,7,9H2,1H3,(H,18,19)(H2,16,17,20). The van der Waals surface area contributed by atoms with Gasteiger partial charge in [0.15, 0.2) is 0 Å². The Morgan fingerprint density at radius 3 is 2.75 bits per heavy atom. The van der Waals surface area contributed by atoms with E-state index in [1.54, 1.807) is 12.4 Å². The van der Waals surface area contributed by atoms with E-state index in [2.05, 4.69) is 15.6 Å². The van der Waals surface area contributed by atoms with E-state index in [-0.39, 0.29) is 12.5 Å². The van der Waals surface area contributed by atoms with Gasteiger partial charge in [-0.25, -0.2) is 4.79 Å². The minimum Gasteiger partial charge on any atom is -0.481 e. The number of carboxylic acid groups (broad SMARTS) is 1. The molecule has 0 unspecified atom stereocenters. The highest BCUT2D eigenvalue weighted by molar-refractivity contribution is 5.77. The van der Waals surface area contributed by atoms with Gasteiger partial charge in [0.2, 0.25) is 0 Å². The van der Waals surface area contributed by atoms with Crippen LogP contribution in [0.15, 0.2) is 18.5 Å².